The molecule has 0 aliphatic carbocycles. The van der Waals surface area contributed by atoms with Crippen LogP contribution >= 0.6 is 0 Å². The predicted molar refractivity (Wildman–Crippen MR) is 44.4 cm³/mol. The third kappa shape index (κ3) is 0.765. The van der Waals surface area contributed by atoms with Gasteiger partial charge in [0.25, 0.3) is 0 Å². The summed E-state index contributed by atoms with van der Waals surface area (Å²) in [6.45, 7) is 4.21. The van der Waals surface area contributed by atoms with E-state index in [1.54, 1.807) is 0 Å². The van der Waals surface area contributed by atoms with Crippen molar-refractivity contribution in [3.05, 3.63) is 29.9 Å². The number of H-pyrrole nitrogens is 1. The first-order valence-corrected chi connectivity index (χ1v) is 3.40. The van der Waals surface area contributed by atoms with Gasteiger partial charge in [0.1, 0.15) is 0 Å². The van der Waals surface area contributed by atoms with Crippen LogP contribution in [-0.4, -0.2) is 11.9 Å². The number of nitrogens with one attached hydrogen (secondary N) is 1. The molecular weight excluding hydrogens is 121 g/mol. The molecule has 0 bridgehead atoms. The summed E-state index contributed by atoms with van der Waals surface area (Å²) in [6.07, 6.45) is 1.96. The molecular formula is C8H8BN. The predicted octanol–water partition coefficient (Wildman–Crippen LogP) is 1.81. The van der Waals surface area contributed by atoms with Crippen LogP contribution in [0.15, 0.2) is 24.3 Å². The number of aromatic amines is 1. The standard InChI is InChI=1S/C8H8BN/c1-6-4-7-2-3-10-8(7)9-5-6/h2-5,10H,1H3. The van der Waals surface area contributed by atoms with E-state index in [0.717, 1.165) is 0 Å². The number of aromatic nitrogens is 1. The number of aryl methyl sites for hydroxylation is 1. The Morgan fingerprint density at radius 2 is 2.40 bits per heavy atom. The van der Waals surface area contributed by atoms with Crippen molar-refractivity contribution in [1.29, 1.82) is 0 Å². The normalized spacial score (nSPS) is 10.1. The maximum absolute atomic E-state index is 3.15. The topological polar surface area (TPSA) is 15.8 Å². The third-order valence-corrected chi connectivity index (χ3v) is 1.71. The monoisotopic (exact) mass is 129 g/mol. The Morgan fingerprint density at radius 3 is 3.30 bits per heavy atom. The van der Waals surface area contributed by atoms with E-state index in [1.807, 2.05) is 6.20 Å². The summed E-state index contributed by atoms with van der Waals surface area (Å²) in [6, 6.07) is 4.26. The van der Waals surface area contributed by atoms with Crippen molar-refractivity contribution in [2.75, 3.05) is 0 Å². The van der Waals surface area contributed by atoms with E-state index in [-0.39, 0.29) is 0 Å². The average Bonchev–Trinajstić information content (AvgIpc) is 2.33. The van der Waals surface area contributed by atoms with E-state index in [4.69, 9.17) is 0 Å². The number of hydrogen-bond donors (Lipinski definition) is 1. The van der Waals surface area contributed by atoms with E-state index < -0.39 is 0 Å². The quantitative estimate of drug-likeness (QED) is 0.558. The zero-order chi connectivity index (χ0) is 6.97. The molecule has 0 saturated heterocycles. The first-order chi connectivity index (χ1) is 4.86. The van der Waals surface area contributed by atoms with Gasteiger partial charge in [-0.15, -0.1) is 0 Å². The Morgan fingerprint density at radius 1 is 1.50 bits per heavy atom. The van der Waals surface area contributed by atoms with Gasteiger partial charge in [-0.05, 0) is 0 Å². The Kier molecular flexibility index (Phi) is 1.13. The summed E-state index contributed by atoms with van der Waals surface area (Å²) < 4.78 is 0. The van der Waals surface area contributed by atoms with E-state index in [0.29, 0.717) is 0 Å². The van der Waals surface area contributed by atoms with Crippen LogP contribution in [0.25, 0.3) is 10.8 Å². The summed E-state index contributed by atoms with van der Waals surface area (Å²) in [5.41, 5.74) is 2.53. The van der Waals surface area contributed by atoms with Crippen LogP contribution in [0.1, 0.15) is 5.56 Å². The molecule has 2 aromatic heterocycles. The van der Waals surface area contributed by atoms with Crippen molar-refractivity contribution < 1.29 is 0 Å². The fourth-order valence-corrected chi connectivity index (χ4v) is 1.17. The van der Waals surface area contributed by atoms with E-state index in [9.17, 15) is 0 Å². The van der Waals surface area contributed by atoms with Crippen LogP contribution < -0.4 is 0 Å². The third-order valence-electron chi connectivity index (χ3n) is 1.71. The molecule has 48 valence electrons. The van der Waals surface area contributed by atoms with Crippen LogP contribution in [0.5, 0.6) is 0 Å². The summed E-state index contributed by atoms with van der Waals surface area (Å²) >= 11 is 0. The fourth-order valence-electron chi connectivity index (χ4n) is 1.17. The van der Waals surface area contributed by atoms with Crippen molar-refractivity contribution in [2.45, 2.75) is 6.92 Å². The number of fused-ring (bicyclic) bond motifs is 1. The summed E-state index contributed by atoms with van der Waals surface area (Å²) in [5.74, 6) is 2.11. The first-order valence-electron chi connectivity index (χ1n) is 3.40. The van der Waals surface area contributed by atoms with Gasteiger partial charge in [-0.25, -0.2) is 0 Å². The molecule has 2 heterocycles. The van der Waals surface area contributed by atoms with Gasteiger partial charge in [-0.1, -0.05) is 0 Å². The molecule has 0 atom stereocenters. The average molecular weight is 129 g/mol. The van der Waals surface area contributed by atoms with Crippen LogP contribution in [-0.2, 0) is 0 Å². The summed E-state index contributed by atoms with van der Waals surface area (Å²) in [7, 11) is 0. The first kappa shape index (κ1) is 5.72. The van der Waals surface area contributed by atoms with Crippen LogP contribution in [0.2, 0.25) is 0 Å². The van der Waals surface area contributed by atoms with Gasteiger partial charge in [0.15, 0.2) is 0 Å². The van der Waals surface area contributed by atoms with E-state index in [2.05, 4.69) is 36.9 Å². The Labute approximate surface area is 60.3 Å². The molecule has 0 amide bonds. The van der Waals surface area contributed by atoms with Gasteiger partial charge in [-0.2, -0.15) is 0 Å². The molecule has 2 rings (SSSR count). The minimum absolute atomic E-state index is 1.21. The Bertz CT molecular complexity index is 351. The van der Waals surface area contributed by atoms with Gasteiger partial charge in [-0.3, -0.25) is 0 Å². The van der Waals surface area contributed by atoms with Crippen LogP contribution in [0.4, 0.5) is 0 Å². The number of hydrogen-bond acceptors (Lipinski definition) is 0. The van der Waals surface area contributed by atoms with Crippen LogP contribution in [0.3, 0.4) is 0 Å². The van der Waals surface area contributed by atoms with Crippen molar-refractivity contribution in [3.8, 4) is 0 Å². The second-order valence-electron chi connectivity index (χ2n) is 2.57. The molecule has 10 heavy (non-hydrogen) atoms. The number of rotatable bonds is 0. The SMILES string of the molecule is Cc1cbc2[nH]ccc2c1. The second kappa shape index (κ2) is 1.98. The van der Waals surface area contributed by atoms with E-state index in [1.165, 1.54) is 16.4 Å². The van der Waals surface area contributed by atoms with Crippen molar-refractivity contribution in [3.63, 3.8) is 0 Å². The molecule has 2 aromatic rings. The fraction of sp³-hybridized carbons (Fsp3) is 0.125. The molecule has 1 N–H and O–H groups in total. The molecule has 2 heteroatoms. The molecule has 0 aromatic carbocycles. The van der Waals surface area contributed by atoms with Gasteiger partial charge in [0.2, 0.25) is 0 Å². The van der Waals surface area contributed by atoms with Crippen LogP contribution in [0, 0.1) is 6.92 Å². The second-order valence-corrected chi connectivity index (χ2v) is 2.57. The van der Waals surface area contributed by atoms with E-state index >= 15 is 0 Å². The maximum atomic E-state index is 3.15. The zero-order valence-electron chi connectivity index (χ0n) is 5.89. The van der Waals surface area contributed by atoms with Gasteiger partial charge < -0.3 is 0 Å². The van der Waals surface area contributed by atoms with Gasteiger partial charge in [0, 0.05) is 0 Å². The molecule has 0 spiro atoms. The molecule has 0 fully saturated rings. The molecule has 0 aliphatic heterocycles. The molecule has 0 radical (unpaired) electrons. The molecule has 1 nitrogen and oxygen atoms in total. The Hall–Kier alpha value is -1.05. The molecule has 0 unspecified atom stereocenters. The van der Waals surface area contributed by atoms with Gasteiger partial charge in [0.05, 0.1) is 0 Å². The Balaban J connectivity index is 2.86. The minimum atomic E-state index is 1.21. The van der Waals surface area contributed by atoms with Crippen molar-refractivity contribution in [1.82, 2.24) is 4.98 Å². The molecule has 0 aliphatic rings. The van der Waals surface area contributed by atoms with Gasteiger partial charge >= 0.3 is 59.5 Å². The summed E-state index contributed by atoms with van der Waals surface area (Å²) in [4.78, 5) is 3.15. The zero-order valence-corrected chi connectivity index (χ0v) is 5.89. The molecule has 0 saturated carbocycles. The van der Waals surface area contributed by atoms with Crippen molar-refractivity contribution in [2.24, 2.45) is 0 Å². The summed E-state index contributed by atoms with van der Waals surface area (Å²) in [5, 5.41) is 1.29. The van der Waals surface area contributed by atoms with Crippen molar-refractivity contribution >= 4 is 17.7 Å².